The second kappa shape index (κ2) is 12.4. The van der Waals surface area contributed by atoms with Gasteiger partial charge < -0.3 is 4.74 Å². The fourth-order valence-electron chi connectivity index (χ4n) is 7.20. The lowest BCUT2D eigenvalue weighted by Gasteiger charge is -2.41. The molecule has 0 unspecified atom stereocenters. The summed E-state index contributed by atoms with van der Waals surface area (Å²) in [6, 6.07) is 63.1. The highest BCUT2D eigenvalue weighted by atomic mass is 16.5. The molecule has 0 atom stereocenters. The van der Waals surface area contributed by atoms with Crippen molar-refractivity contribution in [3.05, 3.63) is 210 Å². The average Bonchev–Trinajstić information content (AvgIpc) is 3.21. The lowest BCUT2D eigenvalue weighted by Crippen LogP contribution is -2.34. The highest BCUT2D eigenvalue weighted by Gasteiger charge is 2.45. The van der Waals surface area contributed by atoms with Gasteiger partial charge in [-0.05, 0) is 58.7 Å². The molecule has 2 aromatic heterocycles. The van der Waals surface area contributed by atoms with Gasteiger partial charge in [-0.15, -0.1) is 0 Å². The van der Waals surface area contributed by atoms with Gasteiger partial charge in [0.05, 0.1) is 22.5 Å². The third-order valence-electron chi connectivity index (χ3n) is 9.50. The number of aromatic nitrogens is 3. The van der Waals surface area contributed by atoms with Gasteiger partial charge >= 0.3 is 0 Å². The molecule has 4 heteroatoms. The molecule has 50 heavy (non-hydrogen) atoms. The third-order valence-corrected chi connectivity index (χ3v) is 9.50. The Morgan fingerprint density at radius 2 is 0.960 bits per heavy atom. The maximum absolute atomic E-state index is 6.48. The summed E-state index contributed by atoms with van der Waals surface area (Å²) in [6.07, 6.45) is 1.79. The minimum atomic E-state index is -0.555. The summed E-state index contributed by atoms with van der Waals surface area (Å²) in [5.74, 6) is 2.40. The van der Waals surface area contributed by atoms with Gasteiger partial charge in [-0.2, -0.15) is 0 Å². The van der Waals surface area contributed by atoms with Crippen molar-refractivity contribution >= 4 is 0 Å². The van der Waals surface area contributed by atoms with Crippen LogP contribution in [0.15, 0.2) is 188 Å². The van der Waals surface area contributed by atoms with Gasteiger partial charge in [0, 0.05) is 28.5 Å². The molecule has 9 rings (SSSR count). The number of pyridine rings is 1. The summed E-state index contributed by atoms with van der Waals surface area (Å²) < 4.78 is 6.48. The summed E-state index contributed by atoms with van der Waals surface area (Å²) in [5.41, 5.74) is 10.7. The number of hydrogen-bond donors (Lipinski definition) is 0. The van der Waals surface area contributed by atoms with E-state index in [1.807, 2.05) is 54.6 Å². The predicted octanol–water partition coefficient (Wildman–Crippen LogP) is 11.0. The van der Waals surface area contributed by atoms with Crippen molar-refractivity contribution in [2.24, 2.45) is 0 Å². The smallest absolute Gasteiger partial charge is 0.160 e. The van der Waals surface area contributed by atoms with Crippen LogP contribution in [0.25, 0.3) is 45.2 Å². The molecule has 1 aliphatic heterocycles. The standard InChI is InChI=1S/C46H31N3O/c1-3-14-33(15-4-1)41-31-42(40-22-11-12-29-47-40)49-45(48-41)35-17-13-16-34(30-35)32-25-27-37(28-26-32)46(36-18-5-2-6-19-36)38-20-7-9-23-43(38)50-44-24-10-8-21-39(44)46/h1-31H. The zero-order valence-electron chi connectivity index (χ0n) is 27.1. The highest BCUT2D eigenvalue weighted by molar-refractivity contribution is 5.75. The number of fused-ring (bicyclic) bond motifs is 2. The highest BCUT2D eigenvalue weighted by Crippen LogP contribution is 2.55. The van der Waals surface area contributed by atoms with E-state index in [4.69, 9.17) is 14.7 Å². The molecule has 3 heterocycles. The van der Waals surface area contributed by atoms with E-state index in [2.05, 4.69) is 132 Å². The van der Waals surface area contributed by atoms with Crippen LogP contribution in [0.5, 0.6) is 11.5 Å². The molecule has 0 fully saturated rings. The summed E-state index contributed by atoms with van der Waals surface area (Å²) in [4.78, 5) is 14.6. The van der Waals surface area contributed by atoms with E-state index < -0.39 is 5.41 Å². The number of hydrogen-bond acceptors (Lipinski definition) is 4. The molecule has 6 aromatic carbocycles. The first kappa shape index (κ1) is 29.5. The fraction of sp³-hybridized carbons (Fsp3) is 0.0217. The lowest BCUT2D eigenvalue weighted by atomic mass is 9.63. The fourth-order valence-corrected chi connectivity index (χ4v) is 7.20. The number of para-hydroxylation sites is 2. The quantitative estimate of drug-likeness (QED) is 0.181. The Morgan fingerprint density at radius 3 is 1.66 bits per heavy atom. The summed E-state index contributed by atoms with van der Waals surface area (Å²) in [7, 11) is 0. The topological polar surface area (TPSA) is 47.9 Å². The maximum atomic E-state index is 6.48. The molecule has 1 aliphatic rings. The minimum absolute atomic E-state index is 0.555. The van der Waals surface area contributed by atoms with Crippen molar-refractivity contribution in [3.8, 4) is 56.7 Å². The molecular weight excluding hydrogens is 611 g/mol. The predicted molar refractivity (Wildman–Crippen MR) is 200 cm³/mol. The van der Waals surface area contributed by atoms with E-state index in [0.29, 0.717) is 5.82 Å². The molecule has 0 amide bonds. The van der Waals surface area contributed by atoms with Crippen LogP contribution < -0.4 is 4.74 Å². The molecule has 4 nitrogen and oxygen atoms in total. The Bertz CT molecular complexity index is 2340. The van der Waals surface area contributed by atoms with E-state index in [1.165, 1.54) is 11.1 Å². The largest absolute Gasteiger partial charge is 0.457 e. The van der Waals surface area contributed by atoms with Gasteiger partial charge in [0.15, 0.2) is 5.82 Å². The number of benzene rings is 6. The maximum Gasteiger partial charge on any atom is 0.160 e. The van der Waals surface area contributed by atoms with E-state index >= 15 is 0 Å². The molecule has 236 valence electrons. The van der Waals surface area contributed by atoms with Crippen LogP contribution in [-0.4, -0.2) is 15.0 Å². The van der Waals surface area contributed by atoms with E-state index in [-0.39, 0.29) is 0 Å². The first-order chi connectivity index (χ1) is 24.8. The molecule has 0 aliphatic carbocycles. The normalized spacial score (nSPS) is 12.7. The minimum Gasteiger partial charge on any atom is -0.457 e. The lowest BCUT2D eigenvalue weighted by molar-refractivity contribution is 0.434. The summed E-state index contributed by atoms with van der Waals surface area (Å²) in [6.45, 7) is 0. The molecule has 0 bridgehead atoms. The van der Waals surface area contributed by atoms with Gasteiger partial charge in [-0.25, -0.2) is 9.97 Å². The molecule has 0 saturated carbocycles. The Hall–Kier alpha value is -6.65. The average molecular weight is 642 g/mol. The monoisotopic (exact) mass is 641 g/mol. The van der Waals surface area contributed by atoms with Crippen LogP contribution in [0.3, 0.4) is 0 Å². The van der Waals surface area contributed by atoms with Crippen LogP contribution in [0.1, 0.15) is 22.3 Å². The zero-order chi connectivity index (χ0) is 33.3. The molecule has 0 spiro atoms. The number of nitrogens with zero attached hydrogens (tertiary/aromatic N) is 3. The zero-order valence-corrected chi connectivity index (χ0v) is 27.1. The van der Waals surface area contributed by atoms with Gasteiger partial charge in [0.25, 0.3) is 0 Å². The first-order valence-electron chi connectivity index (χ1n) is 16.8. The van der Waals surface area contributed by atoms with E-state index in [0.717, 1.165) is 62.0 Å². The van der Waals surface area contributed by atoms with Crippen LogP contribution >= 0.6 is 0 Å². The van der Waals surface area contributed by atoms with Crippen LogP contribution in [0, 0.1) is 0 Å². The Balaban J connectivity index is 1.16. The van der Waals surface area contributed by atoms with Crippen molar-refractivity contribution < 1.29 is 4.74 Å². The molecular formula is C46H31N3O. The number of rotatable bonds is 6. The Morgan fingerprint density at radius 1 is 0.380 bits per heavy atom. The van der Waals surface area contributed by atoms with Crippen molar-refractivity contribution in [1.82, 2.24) is 15.0 Å². The Kier molecular flexibility index (Phi) is 7.33. The molecule has 0 saturated heterocycles. The van der Waals surface area contributed by atoms with Crippen LogP contribution in [-0.2, 0) is 5.41 Å². The van der Waals surface area contributed by atoms with Gasteiger partial charge in [-0.3, -0.25) is 4.98 Å². The van der Waals surface area contributed by atoms with Crippen molar-refractivity contribution in [3.63, 3.8) is 0 Å². The van der Waals surface area contributed by atoms with Gasteiger partial charge in [0.2, 0.25) is 0 Å². The van der Waals surface area contributed by atoms with Crippen molar-refractivity contribution in [2.75, 3.05) is 0 Å². The first-order valence-corrected chi connectivity index (χ1v) is 16.8. The van der Waals surface area contributed by atoms with Crippen LogP contribution in [0.4, 0.5) is 0 Å². The van der Waals surface area contributed by atoms with E-state index in [1.54, 1.807) is 6.20 Å². The number of ether oxygens (including phenoxy) is 1. The Labute approximate surface area is 291 Å². The van der Waals surface area contributed by atoms with Crippen LogP contribution in [0.2, 0.25) is 0 Å². The van der Waals surface area contributed by atoms with Crippen molar-refractivity contribution in [1.29, 1.82) is 0 Å². The van der Waals surface area contributed by atoms with Gasteiger partial charge in [0.1, 0.15) is 11.5 Å². The molecule has 0 N–H and O–H groups in total. The second-order valence-electron chi connectivity index (χ2n) is 12.4. The van der Waals surface area contributed by atoms with Gasteiger partial charge in [-0.1, -0.05) is 146 Å². The van der Waals surface area contributed by atoms with E-state index in [9.17, 15) is 0 Å². The second-order valence-corrected chi connectivity index (χ2v) is 12.4. The third kappa shape index (κ3) is 5.06. The SMILES string of the molecule is c1ccc(-c2cc(-c3ccccn3)nc(-c3cccc(-c4ccc(C5(c6ccccc6)c6ccccc6Oc6ccccc65)cc4)c3)n2)cc1. The molecule has 8 aromatic rings. The summed E-state index contributed by atoms with van der Waals surface area (Å²) >= 11 is 0. The summed E-state index contributed by atoms with van der Waals surface area (Å²) in [5, 5.41) is 0. The molecule has 0 radical (unpaired) electrons. The van der Waals surface area contributed by atoms with Crippen molar-refractivity contribution in [2.45, 2.75) is 5.41 Å².